The summed E-state index contributed by atoms with van der Waals surface area (Å²) in [5, 5.41) is 21.8. The molecule has 104 valence electrons. The van der Waals surface area contributed by atoms with Crippen LogP contribution in [0.4, 0.5) is 0 Å². The van der Waals surface area contributed by atoms with Gasteiger partial charge in [0.1, 0.15) is 0 Å². The zero-order valence-electron chi connectivity index (χ0n) is 10.2. The second-order valence-corrected chi connectivity index (χ2v) is 4.46. The van der Waals surface area contributed by atoms with Gasteiger partial charge >= 0.3 is 11.9 Å². The van der Waals surface area contributed by atoms with Gasteiger partial charge in [0, 0.05) is 17.5 Å². The molecule has 2 rings (SSSR count). The van der Waals surface area contributed by atoms with Gasteiger partial charge in [0.05, 0.1) is 0 Å². The van der Waals surface area contributed by atoms with E-state index in [0.717, 1.165) is 0 Å². The van der Waals surface area contributed by atoms with E-state index in [4.69, 9.17) is 26.3 Å². The highest BCUT2D eigenvalue weighted by atomic mass is 35.5. The number of hydrogen-bond donors (Lipinski definition) is 2. The molecule has 2 aromatic rings. The summed E-state index contributed by atoms with van der Waals surface area (Å²) >= 11 is 5.89. The van der Waals surface area contributed by atoms with Crippen molar-refractivity contribution < 1.29 is 24.3 Å². The molecule has 0 aliphatic rings. The summed E-state index contributed by atoms with van der Waals surface area (Å²) in [6.07, 6.45) is 0. The first-order chi connectivity index (χ1) is 9.38. The molecular weight excluding hydrogens is 288 g/mol. The van der Waals surface area contributed by atoms with Crippen molar-refractivity contribution in [3.63, 3.8) is 0 Å². The molecule has 0 spiro atoms. The largest absolute Gasteiger partial charge is 0.480 e. The lowest BCUT2D eigenvalue weighted by molar-refractivity contribution is -0.150. The number of aromatic nitrogens is 2. The van der Waals surface area contributed by atoms with E-state index in [-0.39, 0.29) is 16.4 Å². The number of carboxylic acids is 2. The summed E-state index contributed by atoms with van der Waals surface area (Å²) in [6, 6.07) is 4.14. The van der Waals surface area contributed by atoms with Crippen LogP contribution in [0.25, 0.3) is 11.4 Å². The molecule has 0 bridgehead atoms. The van der Waals surface area contributed by atoms with Crippen molar-refractivity contribution in [2.24, 2.45) is 0 Å². The van der Waals surface area contributed by atoms with Crippen LogP contribution in [0.5, 0.6) is 0 Å². The average Bonchev–Trinajstić information content (AvgIpc) is 2.74. The summed E-state index contributed by atoms with van der Waals surface area (Å²) in [6.45, 7) is 1.60. The van der Waals surface area contributed by atoms with Gasteiger partial charge in [-0.25, -0.2) is 0 Å². The lowest BCUT2D eigenvalue weighted by Gasteiger charge is -2.09. The second kappa shape index (κ2) is 5.30. The number of halogens is 1. The van der Waals surface area contributed by atoms with Crippen LogP contribution in [0, 0.1) is 6.92 Å². The standard InChI is InChI=1S/C12H9ClN2O5/c1-5-14-10(15-20-5)7-2-6(3-8(13)4-7)9(11(16)17)12(18)19/h2-4,9H,1H3,(H,16,17)(H,18,19). The average molecular weight is 297 g/mol. The van der Waals surface area contributed by atoms with E-state index >= 15 is 0 Å². The molecule has 0 fully saturated rings. The Kier molecular flexibility index (Phi) is 3.71. The maximum Gasteiger partial charge on any atom is 0.322 e. The Hall–Kier alpha value is -2.41. The number of carboxylic acid groups (broad SMARTS) is 2. The van der Waals surface area contributed by atoms with E-state index in [1.165, 1.54) is 18.2 Å². The zero-order chi connectivity index (χ0) is 14.9. The molecule has 7 nitrogen and oxygen atoms in total. The number of aliphatic carboxylic acids is 2. The predicted octanol–water partition coefficient (Wildman–Crippen LogP) is 1.95. The lowest BCUT2D eigenvalue weighted by atomic mass is 9.97. The van der Waals surface area contributed by atoms with E-state index in [2.05, 4.69) is 10.1 Å². The van der Waals surface area contributed by atoms with Crippen molar-refractivity contribution in [2.75, 3.05) is 0 Å². The van der Waals surface area contributed by atoms with Crippen molar-refractivity contribution in [3.05, 3.63) is 34.7 Å². The van der Waals surface area contributed by atoms with E-state index in [1.807, 2.05) is 0 Å². The molecule has 20 heavy (non-hydrogen) atoms. The van der Waals surface area contributed by atoms with Crippen LogP contribution in [0.2, 0.25) is 5.02 Å². The molecule has 2 N–H and O–H groups in total. The topological polar surface area (TPSA) is 114 Å². The number of carbonyl (C=O) groups is 2. The van der Waals surface area contributed by atoms with E-state index in [1.54, 1.807) is 6.92 Å². The maximum absolute atomic E-state index is 11.0. The SMILES string of the molecule is Cc1nc(-c2cc(Cl)cc(C(C(=O)O)C(=O)O)c2)no1. The van der Waals surface area contributed by atoms with Crippen LogP contribution in [0.15, 0.2) is 22.7 Å². The summed E-state index contributed by atoms with van der Waals surface area (Å²) in [5.74, 6) is -4.12. The predicted molar refractivity (Wildman–Crippen MR) is 67.5 cm³/mol. The number of hydrogen-bond acceptors (Lipinski definition) is 5. The third-order valence-electron chi connectivity index (χ3n) is 2.53. The molecule has 1 aromatic heterocycles. The quantitative estimate of drug-likeness (QED) is 0.829. The first kappa shape index (κ1) is 14.0. The Balaban J connectivity index is 2.53. The van der Waals surface area contributed by atoms with Crippen LogP contribution < -0.4 is 0 Å². The van der Waals surface area contributed by atoms with Gasteiger partial charge in [-0.1, -0.05) is 16.8 Å². The van der Waals surface area contributed by atoms with Gasteiger partial charge < -0.3 is 14.7 Å². The molecule has 0 saturated carbocycles. The molecule has 1 heterocycles. The molecule has 0 saturated heterocycles. The van der Waals surface area contributed by atoms with Crippen LogP contribution in [-0.2, 0) is 9.59 Å². The number of nitrogens with zero attached hydrogens (tertiary/aromatic N) is 2. The van der Waals surface area contributed by atoms with Gasteiger partial charge in [-0.3, -0.25) is 9.59 Å². The minimum Gasteiger partial charge on any atom is -0.480 e. The van der Waals surface area contributed by atoms with E-state index < -0.39 is 17.9 Å². The fourth-order valence-electron chi connectivity index (χ4n) is 1.72. The van der Waals surface area contributed by atoms with Crippen LogP contribution in [-0.4, -0.2) is 32.3 Å². The van der Waals surface area contributed by atoms with Crippen molar-refractivity contribution >= 4 is 23.5 Å². The molecule has 0 atom stereocenters. The van der Waals surface area contributed by atoms with Crippen LogP contribution >= 0.6 is 11.6 Å². The number of aryl methyl sites for hydroxylation is 1. The van der Waals surface area contributed by atoms with Crippen molar-refractivity contribution in [1.29, 1.82) is 0 Å². The Bertz CT molecular complexity index is 668. The highest BCUT2D eigenvalue weighted by Crippen LogP contribution is 2.27. The number of rotatable bonds is 4. The first-order valence-corrected chi connectivity index (χ1v) is 5.83. The molecule has 8 heteroatoms. The fourth-order valence-corrected chi connectivity index (χ4v) is 1.96. The van der Waals surface area contributed by atoms with Gasteiger partial charge in [0.25, 0.3) is 0 Å². The Morgan fingerprint density at radius 1 is 1.25 bits per heavy atom. The highest BCUT2D eigenvalue weighted by Gasteiger charge is 2.28. The Labute approximate surface area is 117 Å². The van der Waals surface area contributed by atoms with Gasteiger partial charge in [-0.05, 0) is 23.8 Å². The van der Waals surface area contributed by atoms with Crippen LogP contribution in [0.3, 0.4) is 0 Å². The molecular formula is C12H9ClN2O5. The first-order valence-electron chi connectivity index (χ1n) is 5.45. The van der Waals surface area contributed by atoms with Crippen molar-refractivity contribution in [3.8, 4) is 11.4 Å². The van der Waals surface area contributed by atoms with Gasteiger partial charge in [-0.2, -0.15) is 4.98 Å². The van der Waals surface area contributed by atoms with Gasteiger partial charge in [0.15, 0.2) is 5.92 Å². The molecule has 0 radical (unpaired) electrons. The maximum atomic E-state index is 11.0. The molecule has 0 unspecified atom stereocenters. The summed E-state index contributed by atoms with van der Waals surface area (Å²) in [7, 11) is 0. The van der Waals surface area contributed by atoms with Crippen LogP contribution in [0.1, 0.15) is 17.4 Å². The Morgan fingerprint density at radius 3 is 2.40 bits per heavy atom. The molecule has 0 aliphatic carbocycles. The second-order valence-electron chi connectivity index (χ2n) is 4.02. The third kappa shape index (κ3) is 2.77. The normalized spacial score (nSPS) is 10.8. The molecule has 0 aliphatic heterocycles. The third-order valence-corrected chi connectivity index (χ3v) is 2.75. The van der Waals surface area contributed by atoms with E-state index in [9.17, 15) is 9.59 Å². The highest BCUT2D eigenvalue weighted by molar-refractivity contribution is 6.31. The summed E-state index contributed by atoms with van der Waals surface area (Å²) in [5.41, 5.74) is 0.423. The zero-order valence-corrected chi connectivity index (χ0v) is 11.0. The minimum atomic E-state index is -1.71. The fraction of sp³-hybridized carbons (Fsp3) is 0.167. The summed E-state index contributed by atoms with van der Waals surface area (Å²) < 4.78 is 4.82. The van der Waals surface area contributed by atoms with Gasteiger partial charge in [-0.15, -0.1) is 0 Å². The minimum absolute atomic E-state index is 0.0370. The smallest absolute Gasteiger partial charge is 0.322 e. The van der Waals surface area contributed by atoms with E-state index in [0.29, 0.717) is 11.5 Å². The molecule has 1 aromatic carbocycles. The number of benzene rings is 1. The lowest BCUT2D eigenvalue weighted by Crippen LogP contribution is -2.21. The molecule has 0 amide bonds. The monoisotopic (exact) mass is 296 g/mol. The summed E-state index contributed by atoms with van der Waals surface area (Å²) in [4.78, 5) is 26.0. The van der Waals surface area contributed by atoms with Crippen molar-refractivity contribution in [1.82, 2.24) is 10.1 Å². The van der Waals surface area contributed by atoms with Crippen molar-refractivity contribution in [2.45, 2.75) is 12.8 Å². The Morgan fingerprint density at radius 2 is 1.90 bits per heavy atom. The van der Waals surface area contributed by atoms with Gasteiger partial charge in [0.2, 0.25) is 11.7 Å².